The van der Waals surface area contributed by atoms with Crippen LogP contribution in [0.5, 0.6) is 0 Å². The maximum Gasteiger partial charge on any atom is 0.255 e. The topological polar surface area (TPSA) is 82.2 Å². The summed E-state index contributed by atoms with van der Waals surface area (Å²) in [5, 5.41) is 2.11. The van der Waals surface area contributed by atoms with Crippen molar-refractivity contribution in [3.05, 3.63) is 79.4 Å². The molecular weight excluding hydrogens is 410 g/mol. The van der Waals surface area contributed by atoms with Gasteiger partial charge in [-0.3, -0.25) is 19.5 Å². The van der Waals surface area contributed by atoms with E-state index in [1.165, 1.54) is 10.4 Å². The third-order valence-electron chi connectivity index (χ3n) is 6.26. The van der Waals surface area contributed by atoms with Gasteiger partial charge in [0.15, 0.2) is 0 Å². The van der Waals surface area contributed by atoms with Gasteiger partial charge in [-0.2, -0.15) is 0 Å². The zero-order valence-corrected chi connectivity index (χ0v) is 18.3. The SMILES string of the molecule is Cc1ccsc1CN1CCc2nc([C@H]3CCCN3C(=O)c3ccncc3)[nH]c(=O)c2C1. The molecule has 31 heavy (non-hydrogen) atoms. The van der Waals surface area contributed by atoms with E-state index >= 15 is 0 Å². The molecule has 5 heterocycles. The van der Waals surface area contributed by atoms with Crippen LogP contribution in [-0.4, -0.2) is 43.7 Å². The molecule has 3 aromatic heterocycles. The number of pyridine rings is 1. The number of likely N-dealkylation sites (tertiary alicyclic amines) is 1. The summed E-state index contributed by atoms with van der Waals surface area (Å²) < 4.78 is 0. The molecule has 1 amide bonds. The lowest BCUT2D eigenvalue weighted by molar-refractivity contribution is 0.0729. The molecular formula is C23H25N5O2S. The molecule has 8 heteroatoms. The molecule has 1 fully saturated rings. The summed E-state index contributed by atoms with van der Waals surface area (Å²) >= 11 is 1.76. The number of amides is 1. The molecule has 5 rings (SSSR count). The Bertz CT molecular complexity index is 1160. The van der Waals surface area contributed by atoms with Crippen LogP contribution in [-0.2, 0) is 19.5 Å². The quantitative estimate of drug-likeness (QED) is 0.681. The molecule has 2 aliphatic heterocycles. The number of nitrogens with zero attached hydrogens (tertiary/aromatic N) is 4. The summed E-state index contributed by atoms with van der Waals surface area (Å²) in [6, 6.07) is 5.40. The van der Waals surface area contributed by atoms with E-state index in [9.17, 15) is 9.59 Å². The second kappa shape index (κ2) is 8.36. The van der Waals surface area contributed by atoms with Crippen LogP contribution in [0.1, 0.15) is 56.8 Å². The molecule has 7 nitrogen and oxygen atoms in total. The van der Waals surface area contributed by atoms with Crippen molar-refractivity contribution in [1.29, 1.82) is 0 Å². The van der Waals surface area contributed by atoms with Gasteiger partial charge in [0, 0.05) is 55.4 Å². The summed E-state index contributed by atoms with van der Waals surface area (Å²) in [6.45, 7) is 5.15. The number of nitrogens with one attached hydrogen (secondary N) is 1. The summed E-state index contributed by atoms with van der Waals surface area (Å²) in [6.07, 6.45) is 5.71. The molecule has 1 N–H and O–H groups in total. The molecule has 1 saturated heterocycles. The van der Waals surface area contributed by atoms with Crippen LogP contribution in [0.4, 0.5) is 0 Å². The molecule has 0 spiro atoms. The molecule has 0 aliphatic carbocycles. The Morgan fingerprint density at radius 1 is 1.26 bits per heavy atom. The fourth-order valence-electron chi connectivity index (χ4n) is 4.52. The van der Waals surface area contributed by atoms with Gasteiger partial charge in [-0.1, -0.05) is 0 Å². The van der Waals surface area contributed by atoms with Crippen LogP contribution in [0, 0.1) is 6.92 Å². The fourth-order valence-corrected chi connectivity index (χ4v) is 5.46. The third-order valence-corrected chi connectivity index (χ3v) is 7.27. The first-order valence-corrected chi connectivity index (χ1v) is 11.6. The van der Waals surface area contributed by atoms with E-state index in [-0.39, 0.29) is 17.5 Å². The van der Waals surface area contributed by atoms with Gasteiger partial charge in [-0.05, 0) is 48.9 Å². The summed E-state index contributed by atoms with van der Waals surface area (Å²) in [5.74, 6) is 0.578. The molecule has 3 aromatic rings. The molecule has 0 unspecified atom stereocenters. The third kappa shape index (κ3) is 3.93. The first-order valence-electron chi connectivity index (χ1n) is 10.7. The smallest absolute Gasteiger partial charge is 0.255 e. The van der Waals surface area contributed by atoms with Crippen LogP contribution < -0.4 is 5.56 Å². The Morgan fingerprint density at radius 3 is 2.87 bits per heavy atom. The van der Waals surface area contributed by atoms with Crippen LogP contribution >= 0.6 is 11.3 Å². The summed E-state index contributed by atoms with van der Waals surface area (Å²) in [7, 11) is 0. The average Bonchev–Trinajstić information content (AvgIpc) is 3.43. The maximum absolute atomic E-state index is 13.0. The predicted molar refractivity (Wildman–Crippen MR) is 119 cm³/mol. The van der Waals surface area contributed by atoms with Gasteiger partial charge in [0.05, 0.1) is 17.3 Å². The zero-order chi connectivity index (χ0) is 21.4. The Hall–Kier alpha value is -2.84. The molecule has 1 atom stereocenters. The fraction of sp³-hybridized carbons (Fsp3) is 0.391. The van der Waals surface area contributed by atoms with Crippen molar-refractivity contribution in [1.82, 2.24) is 24.8 Å². The standard InChI is InChI=1S/C23H25N5O2S/c1-15-7-12-31-20(15)14-27-11-6-18-17(13-27)22(29)26-21(25-18)19-3-2-10-28(19)23(30)16-4-8-24-9-5-16/h4-5,7-9,12,19H,2-3,6,10-11,13-14H2,1H3,(H,25,26,29)/t19-/m1/s1. The van der Waals surface area contributed by atoms with Crippen LogP contribution in [0.25, 0.3) is 0 Å². The number of hydrogen-bond donors (Lipinski definition) is 1. The highest BCUT2D eigenvalue weighted by Crippen LogP contribution is 2.31. The molecule has 0 aromatic carbocycles. The van der Waals surface area contributed by atoms with Crippen LogP contribution in [0.3, 0.4) is 0 Å². The van der Waals surface area contributed by atoms with E-state index in [4.69, 9.17) is 4.98 Å². The largest absolute Gasteiger partial charge is 0.328 e. The lowest BCUT2D eigenvalue weighted by Gasteiger charge is -2.29. The molecule has 160 valence electrons. The van der Waals surface area contributed by atoms with Gasteiger partial charge >= 0.3 is 0 Å². The normalized spacial score (nSPS) is 18.9. The van der Waals surface area contributed by atoms with Gasteiger partial charge in [0.1, 0.15) is 5.82 Å². The summed E-state index contributed by atoms with van der Waals surface area (Å²) in [5.41, 5.74) is 3.48. The van der Waals surface area contributed by atoms with E-state index in [1.54, 1.807) is 35.9 Å². The van der Waals surface area contributed by atoms with Gasteiger partial charge in [-0.25, -0.2) is 4.98 Å². The van der Waals surface area contributed by atoms with Crippen molar-refractivity contribution in [2.75, 3.05) is 13.1 Å². The van der Waals surface area contributed by atoms with Crippen LogP contribution in [0.2, 0.25) is 0 Å². The summed E-state index contributed by atoms with van der Waals surface area (Å²) in [4.78, 5) is 43.3. The van der Waals surface area contributed by atoms with E-state index in [1.807, 2.05) is 4.90 Å². The van der Waals surface area contributed by atoms with Crippen molar-refractivity contribution in [2.24, 2.45) is 0 Å². The number of carbonyl (C=O) groups is 1. The Kier molecular flexibility index (Phi) is 5.41. The number of thiophene rings is 1. The van der Waals surface area contributed by atoms with Gasteiger partial charge < -0.3 is 9.88 Å². The van der Waals surface area contributed by atoms with Crippen LogP contribution in [0.15, 0.2) is 40.8 Å². The Morgan fingerprint density at radius 2 is 2.10 bits per heavy atom. The number of rotatable bonds is 4. The maximum atomic E-state index is 13.0. The number of aryl methyl sites for hydroxylation is 1. The van der Waals surface area contributed by atoms with Crippen molar-refractivity contribution < 1.29 is 4.79 Å². The number of aromatic nitrogens is 3. The van der Waals surface area contributed by atoms with Gasteiger partial charge in [-0.15, -0.1) is 11.3 Å². The zero-order valence-electron chi connectivity index (χ0n) is 17.5. The number of fused-ring (bicyclic) bond motifs is 1. The van der Waals surface area contributed by atoms with E-state index in [0.29, 0.717) is 24.5 Å². The van der Waals surface area contributed by atoms with E-state index in [0.717, 1.165) is 43.6 Å². The lowest BCUT2D eigenvalue weighted by atomic mass is 10.1. The van der Waals surface area contributed by atoms with Crippen molar-refractivity contribution >= 4 is 17.2 Å². The minimum absolute atomic E-state index is 0.0391. The highest BCUT2D eigenvalue weighted by Gasteiger charge is 2.33. The average molecular weight is 436 g/mol. The lowest BCUT2D eigenvalue weighted by Crippen LogP contribution is -2.37. The monoisotopic (exact) mass is 435 g/mol. The number of hydrogen-bond acceptors (Lipinski definition) is 6. The molecule has 0 radical (unpaired) electrons. The molecule has 0 saturated carbocycles. The van der Waals surface area contributed by atoms with E-state index in [2.05, 4.69) is 33.2 Å². The Balaban J connectivity index is 1.37. The molecule has 2 aliphatic rings. The first-order chi connectivity index (χ1) is 15.1. The van der Waals surface area contributed by atoms with Gasteiger partial charge in [0.25, 0.3) is 11.5 Å². The van der Waals surface area contributed by atoms with E-state index < -0.39 is 0 Å². The van der Waals surface area contributed by atoms with Crippen molar-refractivity contribution in [3.8, 4) is 0 Å². The minimum Gasteiger partial charge on any atom is -0.328 e. The Labute approximate surface area is 184 Å². The number of H-pyrrole nitrogens is 1. The number of carbonyl (C=O) groups excluding carboxylic acids is 1. The van der Waals surface area contributed by atoms with Crippen molar-refractivity contribution in [3.63, 3.8) is 0 Å². The number of aromatic amines is 1. The highest BCUT2D eigenvalue weighted by atomic mass is 32.1. The second-order valence-corrected chi connectivity index (χ2v) is 9.26. The minimum atomic E-state index is -0.189. The molecule has 0 bridgehead atoms. The predicted octanol–water partition coefficient (Wildman–Crippen LogP) is 3.07. The first kappa shape index (κ1) is 20.1. The highest BCUT2D eigenvalue weighted by molar-refractivity contribution is 7.10. The second-order valence-electron chi connectivity index (χ2n) is 8.26. The van der Waals surface area contributed by atoms with Gasteiger partial charge in [0.2, 0.25) is 0 Å². The van der Waals surface area contributed by atoms with Crippen molar-refractivity contribution in [2.45, 2.75) is 45.3 Å².